The highest BCUT2D eigenvalue weighted by molar-refractivity contribution is 6.01. The van der Waals surface area contributed by atoms with Crippen LogP contribution in [-0.2, 0) is 20.0 Å². The lowest BCUT2D eigenvalue weighted by atomic mass is 10.0. The van der Waals surface area contributed by atoms with Gasteiger partial charge in [-0.25, -0.2) is 4.98 Å². The van der Waals surface area contributed by atoms with Crippen molar-refractivity contribution in [1.82, 2.24) is 19.0 Å². The number of ether oxygens (including phenoxy) is 1. The zero-order valence-corrected chi connectivity index (χ0v) is 25.3. The van der Waals surface area contributed by atoms with Crippen molar-refractivity contribution in [2.24, 2.45) is 24.6 Å². The Bertz CT molecular complexity index is 2030. The summed E-state index contributed by atoms with van der Waals surface area (Å²) in [6.45, 7) is 1.72. The fourth-order valence-electron chi connectivity index (χ4n) is 8.13. The number of allylic oxidation sites excluding steroid dienone is 1. The van der Waals surface area contributed by atoms with Crippen molar-refractivity contribution < 1.29 is 9.53 Å². The number of imidazole rings is 1. The minimum absolute atomic E-state index is 0.0267. The summed E-state index contributed by atoms with van der Waals surface area (Å²) in [6, 6.07) is 21.9. The molecule has 0 radical (unpaired) electrons. The fourth-order valence-corrected chi connectivity index (χ4v) is 8.13. The van der Waals surface area contributed by atoms with Crippen LogP contribution in [0.25, 0.3) is 45.1 Å². The van der Waals surface area contributed by atoms with Crippen molar-refractivity contribution in [1.29, 1.82) is 0 Å². The molecule has 3 aromatic carbocycles. The Kier molecular flexibility index (Phi) is 5.67. The average molecular weight is 584 g/mol. The van der Waals surface area contributed by atoms with Crippen molar-refractivity contribution in [3.05, 3.63) is 82.9 Å². The van der Waals surface area contributed by atoms with E-state index in [2.05, 4.69) is 70.8 Å². The van der Waals surface area contributed by atoms with E-state index in [1.807, 2.05) is 17.0 Å². The summed E-state index contributed by atoms with van der Waals surface area (Å²) in [5.74, 6) is 2.68. The van der Waals surface area contributed by atoms with E-state index < -0.39 is 0 Å². The highest BCUT2D eigenvalue weighted by Gasteiger charge is 2.47. The molecule has 3 atom stereocenters. The minimum atomic E-state index is 0.0267. The highest BCUT2D eigenvalue weighted by atomic mass is 16.5. The van der Waals surface area contributed by atoms with Crippen molar-refractivity contribution >= 4 is 39.5 Å². The van der Waals surface area contributed by atoms with Crippen LogP contribution in [-0.4, -0.2) is 50.7 Å². The van der Waals surface area contributed by atoms with E-state index in [1.165, 1.54) is 46.0 Å². The van der Waals surface area contributed by atoms with Crippen LogP contribution >= 0.6 is 0 Å². The van der Waals surface area contributed by atoms with Gasteiger partial charge in [0.25, 0.3) is 5.91 Å². The number of rotatable bonds is 6. The number of piperidine rings is 1. The van der Waals surface area contributed by atoms with Crippen LogP contribution in [0.3, 0.4) is 0 Å². The average Bonchev–Trinajstić information content (AvgIpc) is 3.31. The fraction of sp³-hybridized carbons (Fsp3) is 0.351. The molecule has 1 amide bonds. The minimum Gasteiger partial charge on any atom is -0.494 e. The Morgan fingerprint density at radius 1 is 1.05 bits per heavy atom. The lowest BCUT2D eigenvalue weighted by Gasteiger charge is -2.27. The molecule has 5 aromatic rings. The number of nitrogens with zero attached hydrogens (tertiary/aromatic N) is 4. The third-order valence-electron chi connectivity index (χ3n) is 10.7. The number of aryl methyl sites for hydroxylation is 1. The van der Waals surface area contributed by atoms with Gasteiger partial charge in [-0.1, -0.05) is 42.5 Å². The number of hydrogen-bond acceptors (Lipinski definition) is 4. The number of carbonyl (C=O) groups excluding carboxylic acids is 1. The van der Waals surface area contributed by atoms with Crippen LogP contribution < -0.4 is 10.5 Å². The first-order valence-electron chi connectivity index (χ1n) is 16.0. The molecule has 7 heteroatoms. The molecule has 1 aliphatic heterocycles. The van der Waals surface area contributed by atoms with Gasteiger partial charge in [-0.3, -0.25) is 4.79 Å². The SMILES string of the molecule is COc1cc(C(=O)N2C[C@H]3CCC2C3N)cc2nc(-c3cc4ccc(C5=Cc6ccccc6C5)cc4n3CC3CC3)n(C)c12. The predicted octanol–water partition coefficient (Wildman–Crippen LogP) is 6.27. The Balaban J connectivity index is 1.14. The second-order valence-corrected chi connectivity index (χ2v) is 13.4. The summed E-state index contributed by atoms with van der Waals surface area (Å²) in [5.41, 5.74) is 16.4. The molecular formula is C37H37N5O2. The molecule has 2 bridgehead atoms. The van der Waals surface area contributed by atoms with Crippen molar-refractivity contribution in [3.8, 4) is 17.3 Å². The van der Waals surface area contributed by atoms with Crippen LogP contribution in [0.4, 0.5) is 0 Å². The van der Waals surface area contributed by atoms with Gasteiger partial charge in [0.05, 0.1) is 18.3 Å². The monoisotopic (exact) mass is 583 g/mol. The highest BCUT2D eigenvalue weighted by Crippen LogP contribution is 2.41. The lowest BCUT2D eigenvalue weighted by Crippen LogP contribution is -2.41. The molecule has 9 rings (SSSR count). The number of methoxy groups -OCH3 is 1. The molecule has 2 N–H and O–H groups in total. The standard InChI is InChI=1S/C37H37N5O2/c1-40-35-29(15-28(18-33(35)44-2)37(43)42-20-26-11-12-30(42)34(26)38)39-36(40)32-17-25-10-9-24(16-31(25)41(32)19-21-7-8-21)27-13-22-5-3-4-6-23(22)14-27/h3-6,9-10,13,15-18,21,26,30,34H,7-8,11-12,14,19-20,38H2,1-2H3/t26-,30?,34?/m1/s1. The quantitative estimate of drug-likeness (QED) is 0.256. The predicted molar refractivity (Wildman–Crippen MR) is 174 cm³/mol. The number of amides is 1. The van der Waals surface area contributed by atoms with Crippen molar-refractivity contribution in [2.75, 3.05) is 13.7 Å². The second kappa shape index (κ2) is 9.57. The van der Waals surface area contributed by atoms with Crippen LogP contribution in [0.2, 0.25) is 0 Å². The number of nitrogens with two attached hydrogens (primary N) is 1. The largest absolute Gasteiger partial charge is 0.494 e. The molecule has 4 aliphatic rings. The number of fused-ring (bicyclic) bond motifs is 5. The van der Waals surface area contributed by atoms with E-state index in [4.69, 9.17) is 15.5 Å². The van der Waals surface area contributed by atoms with Crippen molar-refractivity contribution in [2.45, 2.75) is 50.7 Å². The Hall–Kier alpha value is -4.36. The Morgan fingerprint density at radius 3 is 2.66 bits per heavy atom. The lowest BCUT2D eigenvalue weighted by molar-refractivity contribution is 0.0700. The van der Waals surface area contributed by atoms with E-state index in [9.17, 15) is 4.79 Å². The second-order valence-electron chi connectivity index (χ2n) is 13.4. The van der Waals surface area contributed by atoms with Gasteiger partial charge in [-0.2, -0.15) is 0 Å². The maximum absolute atomic E-state index is 13.7. The van der Waals surface area contributed by atoms with E-state index in [1.54, 1.807) is 7.11 Å². The van der Waals surface area contributed by atoms with E-state index in [0.29, 0.717) is 23.1 Å². The molecule has 222 valence electrons. The third kappa shape index (κ3) is 3.91. The summed E-state index contributed by atoms with van der Waals surface area (Å²) in [4.78, 5) is 20.9. The molecule has 0 spiro atoms. The van der Waals surface area contributed by atoms with Gasteiger partial charge in [0.15, 0.2) is 5.82 Å². The molecular weight excluding hydrogens is 546 g/mol. The Labute approximate surface area is 256 Å². The first-order chi connectivity index (χ1) is 21.5. The van der Waals surface area contributed by atoms with E-state index >= 15 is 0 Å². The molecule has 3 fully saturated rings. The van der Waals surface area contributed by atoms with Gasteiger partial charge in [0.1, 0.15) is 11.3 Å². The van der Waals surface area contributed by atoms with Crippen LogP contribution in [0, 0.1) is 11.8 Å². The van der Waals surface area contributed by atoms with E-state index in [0.717, 1.165) is 54.9 Å². The van der Waals surface area contributed by atoms with E-state index in [-0.39, 0.29) is 18.0 Å². The Morgan fingerprint density at radius 2 is 1.91 bits per heavy atom. The number of likely N-dealkylation sites (tertiary alicyclic amines) is 1. The molecule has 2 saturated carbocycles. The van der Waals surface area contributed by atoms with Gasteiger partial charge in [-0.05, 0) is 90.5 Å². The topological polar surface area (TPSA) is 78.3 Å². The van der Waals surface area contributed by atoms with Gasteiger partial charge < -0.3 is 24.5 Å². The van der Waals surface area contributed by atoms with Crippen LogP contribution in [0.15, 0.2) is 60.7 Å². The first-order valence-corrected chi connectivity index (χ1v) is 16.0. The van der Waals surface area contributed by atoms with Gasteiger partial charge in [0.2, 0.25) is 0 Å². The maximum atomic E-state index is 13.7. The zero-order valence-electron chi connectivity index (χ0n) is 25.3. The van der Waals surface area contributed by atoms with Gasteiger partial charge >= 0.3 is 0 Å². The molecule has 2 aromatic heterocycles. The third-order valence-corrected chi connectivity index (χ3v) is 10.7. The van der Waals surface area contributed by atoms with Crippen LogP contribution in [0.5, 0.6) is 5.75 Å². The molecule has 2 unspecified atom stereocenters. The molecule has 1 saturated heterocycles. The number of carbonyl (C=O) groups is 1. The molecule has 7 nitrogen and oxygen atoms in total. The molecule has 3 heterocycles. The molecule has 44 heavy (non-hydrogen) atoms. The summed E-state index contributed by atoms with van der Waals surface area (Å²) in [6.07, 6.45) is 7.94. The van der Waals surface area contributed by atoms with Crippen LogP contribution in [0.1, 0.15) is 52.7 Å². The van der Waals surface area contributed by atoms with Gasteiger partial charge in [-0.15, -0.1) is 0 Å². The maximum Gasteiger partial charge on any atom is 0.254 e. The zero-order chi connectivity index (χ0) is 29.7. The van der Waals surface area contributed by atoms with Gasteiger partial charge in [0, 0.05) is 48.7 Å². The summed E-state index contributed by atoms with van der Waals surface area (Å²) >= 11 is 0. The number of hydrogen-bond donors (Lipinski definition) is 1. The normalized spacial score (nSPS) is 22.3. The summed E-state index contributed by atoms with van der Waals surface area (Å²) in [7, 11) is 3.73. The first kappa shape index (κ1) is 26.1. The molecule has 3 aliphatic carbocycles. The summed E-state index contributed by atoms with van der Waals surface area (Å²) in [5, 5.41) is 1.22. The number of aromatic nitrogens is 3. The number of benzene rings is 3. The smallest absolute Gasteiger partial charge is 0.254 e. The summed E-state index contributed by atoms with van der Waals surface area (Å²) < 4.78 is 10.5. The van der Waals surface area contributed by atoms with Crippen molar-refractivity contribution in [3.63, 3.8) is 0 Å².